The van der Waals surface area contributed by atoms with E-state index in [0.717, 1.165) is 55.0 Å². The molecule has 5 nitrogen and oxygen atoms in total. The Morgan fingerprint density at radius 1 is 1.15 bits per heavy atom. The highest BCUT2D eigenvalue weighted by molar-refractivity contribution is 5.99. The highest BCUT2D eigenvalue weighted by Gasteiger charge is 2.27. The maximum absolute atomic E-state index is 12.8. The van der Waals surface area contributed by atoms with Crippen LogP contribution in [0.1, 0.15) is 33.7 Å². The molecule has 1 fully saturated rings. The van der Waals surface area contributed by atoms with Gasteiger partial charge in [0.2, 0.25) is 0 Å². The molecular formula is C22H23N3O2. The average Bonchev–Trinajstić information content (AvgIpc) is 3.14. The lowest BCUT2D eigenvalue weighted by molar-refractivity contribution is 0.0651. The summed E-state index contributed by atoms with van der Waals surface area (Å²) in [6, 6.07) is 12.3. The molecule has 0 saturated carbocycles. The van der Waals surface area contributed by atoms with Gasteiger partial charge >= 0.3 is 0 Å². The summed E-state index contributed by atoms with van der Waals surface area (Å²) in [4.78, 5) is 19.4. The van der Waals surface area contributed by atoms with Gasteiger partial charge in [-0.3, -0.25) is 4.79 Å². The molecule has 2 heterocycles. The van der Waals surface area contributed by atoms with Crippen molar-refractivity contribution in [3.05, 3.63) is 58.9 Å². The molecule has 1 aromatic heterocycles. The minimum absolute atomic E-state index is 0.0848. The fourth-order valence-corrected chi connectivity index (χ4v) is 4.07. The van der Waals surface area contributed by atoms with E-state index in [4.69, 9.17) is 9.72 Å². The molecule has 0 atom stereocenters. The van der Waals surface area contributed by atoms with E-state index in [1.54, 1.807) is 0 Å². The van der Waals surface area contributed by atoms with E-state index in [1.807, 2.05) is 35.6 Å². The van der Waals surface area contributed by atoms with Crippen molar-refractivity contribution in [3.63, 3.8) is 0 Å². The summed E-state index contributed by atoms with van der Waals surface area (Å²) in [5.74, 6) is 1.72. The Labute approximate surface area is 158 Å². The highest BCUT2D eigenvalue weighted by Crippen LogP contribution is 2.32. The lowest BCUT2D eigenvalue weighted by atomic mass is 10.1. The molecular weight excluding hydrogens is 338 g/mol. The fraction of sp³-hybridized carbons (Fsp3) is 0.364. The summed E-state index contributed by atoms with van der Waals surface area (Å²) in [5, 5.41) is 0. The normalized spacial score (nSPS) is 16.4. The van der Waals surface area contributed by atoms with Gasteiger partial charge in [-0.1, -0.05) is 24.3 Å². The molecule has 0 bridgehead atoms. The van der Waals surface area contributed by atoms with Gasteiger partial charge in [-0.05, 0) is 36.6 Å². The van der Waals surface area contributed by atoms with Crippen molar-refractivity contribution < 1.29 is 9.53 Å². The molecule has 1 saturated heterocycles. The Morgan fingerprint density at radius 2 is 1.85 bits per heavy atom. The van der Waals surface area contributed by atoms with Gasteiger partial charge in [0.25, 0.3) is 5.91 Å². The van der Waals surface area contributed by atoms with E-state index < -0.39 is 0 Å². The van der Waals surface area contributed by atoms with E-state index in [9.17, 15) is 4.79 Å². The van der Waals surface area contributed by atoms with Crippen molar-refractivity contribution in [2.24, 2.45) is 7.05 Å². The fourth-order valence-electron chi connectivity index (χ4n) is 4.07. The maximum atomic E-state index is 12.8. The van der Waals surface area contributed by atoms with Crippen LogP contribution in [0.15, 0.2) is 36.4 Å². The van der Waals surface area contributed by atoms with Crippen LogP contribution in [0.3, 0.4) is 0 Å². The largest absolute Gasteiger partial charge is 0.487 e. The number of hydrogen-bond donors (Lipinski definition) is 0. The Bertz CT molecular complexity index is 1020. The number of carbonyl (C=O) groups is 1. The van der Waals surface area contributed by atoms with E-state index in [0.29, 0.717) is 5.56 Å². The topological polar surface area (TPSA) is 47.4 Å². The van der Waals surface area contributed by atoms with Crippen LogP contribution in [0.4, 0.5) is 0 Å². The third kappa shape index (κ3) is 2.69. The zero-order valence-electron chi connectivity index (χ0n) is 15.7. The number of hydrogen-bond acceptors (Lipinski definition) is 3. The maximum Gasteiger partial charge on any atom is 0.254 e. The summed E-state index contributed by atoms with van der Waals surface area (Å²) < 4.78 is 8.44. The average molecular weight is 361 g/mol. The van der Waals surface area contributed by atoms with Gasteiger partial charge in [-0.25, -0.2) is 4.98 Å². The van der Waals surface area contributed by atoms with E-state index in [-0.39, 0.29) is 12.0 Å². The Kier molecular flexibility index (Phi) is 3.71. The molecule has 27 heavy (non-hydrogen) atoms. The van der Waals surface area contributed by atoms with E-state index >= 15 is 0 Å². The zero-order chi connectivity index (χ0) is 18.5. The first-order chi connectivity index (χ1) is 13.1. The molecule has 0 N–H and O–H groups in total. The van der Waals surface area contributed by atoms with E-state index in [1.165, 1.54) is 11.1 Å². The molecule has 2 aromatic carbocycles. The van der Waals surface area contributed by atoms with Gasteiger partial charge in [0.15, 0.2) is 0 Å². The van der Waals surface area contributed by atoms with Crippen molar-refractivity contribution in [2.75, 3.05) is 13.1 Å². The minimum Gasteiger partial charge on any atom is -0.487 e. The predicted molar refractivity (Wildman–Crippen MR) is 104 cm³/mol. The predicted octanol–water partition coefficient (Wildman–Crippen LogP) is 3.27. The number of amides is 1. The van der Waals surface area contributed by atoms with Gasteiger partial charge in [0.05, 0.1) is 5.52 Å². The molecule has 1 aliphatic heterocycles. The quantitative estimate of drug-likeness (QED) is 0.719. The van der Waals surface area contributed by atoms with Gasteiger partial charge in [0.1, 0.15) is 23.2 Å². The summed E-state index contributed by atoms with van der Waals surface area (Å²) in [7, 11) is 1.98. The Balaban J connectivity index is 1.52. The van der Waals surface area contributed by atoms with Crippen LogP contribution in [-0.2, 0) is 19.9 Å². The smallest absolute Gasteiger partial charge is 0.254 e. The number of benzene rings is 2. The number of likely N-dealkylation sites (tertiary alicyclic amines) is 1. The Morgan fingerprint density at radius 3 is 2.48 bits per heavy atom. The van der Waals surface area contributed by atoms with Crippen LogP contribution < -0.4 is 4.74 Å². The number of imidazole rings is 1. The summed E-state index contributed by atoms with van der Waals surface area (Å²) in [5.41, 5.74) is 5.18. The first-order valence-corrected chi connectivity index (χ1v) is 9.60. The lowest BCUT2D eigenvalue weighted by Gasteiger charge is -2.31. The number of rotatable bonds is 3. The molecule has 1 amide bonds. The molecule has 0 spiro atoms. The van der Waals surface area contributed by atoms with Crippen molar-refractivity contribution in [1.29, 1.82) is 0 Å². The molecule has 1 aliphatic carbocycles. The standard InChI is InChI=1S/C22H23N3O2/c1-14-23-21-19(24(14)2)12-17(22(26)25-8-5-9-25)13-20(21)27-18-10-15-6-3-4-7-16(15)11-18/h3-4,6-7,12-13,18H,5,8-11H2,1-2H3. The van der Waals surface area contributed by atoms with Crippen molar-refractivity contribution >= 4 is 16.9 Å². The molecule has 3 aromatic rings. The van der Waals surface area contributed by atoms with Crippen LogP contribution in [0.25, 0.3) is 11.0 Å². The summed E-state index contributed by atoms with van der Waals surface area (Å²) in [6.07, 6.45) is 2.96. The number of aromatic nitrogens is 2. The van der Waals surface area contributed by atoms with Gasteiger partial charge in [-0.15, -0.1) is 0 Å². The third-order valence-corrected chi connectivity index (χ3v) is 5.87. The van der Waals surface area contributed by atoms with Gasteiger partial charge < -0.3 is 14.2 Å². The molecule has 138 valence electrons. The first-order valence-electron chi connectivity index (χ1n) is 9.60. The van der Waals surface area contributed by atoms with Crippen LogP contribution in [0.5, 0.6) is 5.75 Å². The second kappa shape index (κ2) is 6.12. The van der Waals surface area contributed by atoms with Crippen LogP contribution in [-0.4, -0.2) is 39.6 Å². The van der Waals surface area contributed by atoms with Crippen molar-refractivity contribution in [1.82, 2.24) is 14.5 Å². The van der Waals surface area contributed by atoms with Crippen LogP contribution in [0.2, 0.25) is 0 Å². The summed E-state index contributed by atoms with van der Waals surface area (Å²) in [6.45, 7) is 3.66. The third-order valence-electron chi connectivity index (χ3n) is 5.87. The molecule has 5 rings (SSSR count). The van der Waals surface area contributed by atoms with E-state index in [2.05, 4.69) is 24.3 Å². The molecule has 2 aliphatic rings. The van der Waals surface area contributed by atoms with Crippen molar-refractivity contribution in [2.45, 2.75) is 32.3 Å². The number of nitrogens with zero attached hydrogens (tertiary/aromatic N) is 3. The molecule has 5 heteroatoms. The lowest BCUT2D eigenvalue weighted by Crippen LogP contribution is -2.42. The zero-order valence-corrected chi connectivity index (χ0v) is 15.7. The number of aryl methyl sites for hydroxylation is 2. The number of carbonyl (C=O) groups excluding carboxylic acids is 1. The van der Waals surface area contributed by atoms with Gasteiger partial charge in [-0.2, -0.15) is 0 Å². The monoisotopic (exact) mass is 361 g/mol. The van der Waals surface area contributed by atoms with Crippen LogP contribution >= 0.6 is 0 Å². The SMILES string of the molecule is Cc1nc2c(OC3Cc4ccccc4C3)cc(C(=O)N3CCC3)cc2n1C. The van der Waals surface area contributed by atoms with Gasteiger partial charge in [0, 0.05) is 38.5 Å². The summed E-state index contributed by atoms with van der Waals surface area (Å²) >= 11 is 0. The first kappa shape index (κ1) is 16.4. The van der Waals surface area contributed by atoms with Crippen molar-refractivity contribution in [3.8, 4) is 5.75 Å². The number of fused-ring (bicyclic) bond motifs is 2. The second-order valence-corrected chi connectivity index (χ2v) is 7.62. The Hall–Kier alpha value is -2.82. The minimum atomic E-state index is 0.0848. The molecule has 0 radical (unpaired) electrons. The second-order valence-electron chi connectivity index (χ2n) is 7.62. The van der Waals surface area contributed by atoms with Crippen LogP contribution in [0, 0.1) is 6.92 Å². The highest BCUT2D eigenvalue weighted by atomic mass is 16.5. The molecule has 0 unspecified atom stereocenters. The number of ether oxygens (including phenoxy) is 1.